The summed E-state index contributed by atoms with van der Waals surface area (Å²) in [6.07, 6.45) is 2.08. The molecule has 0 heterocycles. The van der Waals surface area contributed by atoms with E-state index in [1.54, 1.807) is 21.3 Å². The SMILES string of the molecule is COCCOCCOCCOCCOCCOCCOCCOCCOCCOCCOCCOCCc1cc(CCl)cc(CCOCCOCCOCCOCCOCCOCCOCCOCCOCCOCCOCCOC)c1CCOCCOCCOCCOCCOCCOCCOCCOCCOCCOCCOCCOC. The predicted octanol–water partition coefficient (Wildman–Crippen LogP) is 3.54. The van der Waals surface area contributed by atoms with Gasteiger partial charge in [-0.25, -0.2) is 0 Å². The van der Waals surface area contributed by atoms with Gasteiger partial charge in [-0.1, -0.05) is 12.1 Å². The molecule has 1 aromatic rings. The Hall–Kier alpha value is -1.93. The standard InChI is InChI=1S/C82H157ClO36/c1-84-10-13-90-22-25-96-34-37-102-46-49-108-58-61-114-70-73-117-67-64-111-55-52-105-43-40-99-31-28-93-19-16-87-7-4-80-76-79(78-83)77-81(5-8-88-17-20-94-29-32-100-41-44-106-53-56-112-65-68-118-74-71-115-62-59-109-50-47-103-38-35-97-26-23-91-14-11-85-2)82(80)6-9-89-18-21-95-30-33-101-42-45-107-54-57-113-66-69-119-75-72-116-63-60-110-51-48-104-39-36-98-27-24-92-15-12-86-3/h76-77H,4-75,78H2,1-3H3. The molecule has 0 radical (unpaired) electrons. The van der Waals surface area contributed by atoms with Crippen molar-refractivity contribution in [3.05, 3.63) is 34.4 Å². The Morgan fingerprint density at radius 1 is 0.143 bits per heavy atom. The first-order valence-corrected chi connectivity index (χ1v) is 43.0. The molecule has 0 N–H and O–H groups in total. The van der Waals surface area contributed by atoms with E-state index in [1.165, 1.54) is 16.7 Å². The first-order chi connectivity index (χ1) is 59.3. The van der Waals surface area contributed by atoms with Crippen LogP contribution in [0.2, 0.25) is 0 Å². The van der Waals surface area contributed by atoms with Gasteiger partial charge in [0.1, 0.15) is 0 Å². The Bertz CT molecular complexity index is 1940. The van der Waals surface area contributed by atoms with E-state index < -0.39 is 0 Å². The average molecular weight is 1750 g/mol. The Labute approximate surface area is 716 Å². The molecular formula is C82H157ClO36. The molecule has 0 atom stereocenters. The third kappa shape index (κ3) is 93.5. The maximum absolute atomic E-state index is 6.48. The smallest absolute Gasteiger partial charge is 0.0701 e. The zero-order chi connectivity index (χ0) is 84.8. The van der Waals surface area contributed by atoms with Crippen LogP contribution in [0.5, 0.6) is 0 Å². The Morgan fingerprint density at radius 2 is 0.244 bits per heavy atom. The number of benzene rings is 1. The fourth-order valence-corrected chi connectivity index (χ4v) is 9.74. The van der Waals surface area contributed by atoms with Gasteiger partial charge in [-0.2, -0.15) is 0 Å². The topological polar surface area (TPSA) is 332 Å². The number of hydrogen-bond acceptors (Lipinski definition) is 36. The average Bonchev–Trinajstić information content (AvgIpc) is 0.826. The van der Waals surface area contributed by atoms with Crippen LogP contribution in [0.3, 0.4) is 0 Å². The summed E-state index contributed by atoms with van der Waals surface area (Å²) in [6.45, 7) is 33.7. The van der Waals surface area contributed by atoms with E-state index in [1.807, 2.05) is 0 Å². The predicted molar refractivity (Wildman–Crippen MR) is 440 cm³/mol. The van der Waals surface area contributed by atoms with Crippen LogP contribution >= 0.6 is 11.6 Å². The van der Waals surface area contributed by atoms with Gasteiger partial charge < -0.3 is 171 Å². The van der Waals surface area contributed by atoms with Gasteiger partial charge in [-0.15, -0.1) is 11.6 Å². The summed E-state index contributed by atoms with van der Waals surface area (Å²) in [5, 5.41) is 0. The molecule has 36 nitrogen and oxygen atoms in total. The molecule has 1 rings (SSSR count). The second kappa shape index (κ2) is 105. The van der Waals surface area contributed by atoms with Gasteiger partial charge in [0.05, 0.1) is 456 Å². The largest absolute Gasteiger partial charge is 0.382 e. The van der Waals surface area contributed by atoms with Crippen LogP contribution in [0, 0.1) is 0 Å². The molecule has 708 valence electrons. The van der Waals surface area contributed by atoms with E-state index in [4.69, 9.17) is 182 Å². The maximum atomic E-state index is 6.48. The van der Waals surface area contributed by atoms with Crippen LogP contribution < -0.4 is 0 Å². The number of ether oxygens (including phenoxy) is 36. The lowest BCUT2D eigenvalue weighted by molar-refractivity contribution is -0.0280. The van der Waals surface area contributed by atoms with Crippen molar-refractivity contribution in [2.75, 3.05) is 477 Å². The van der Waals surface area contributed by atoms with Crippen LogP contribution in [0.25, 0.3) is 0 Å². The molecule has 0 saturated carbocycles. The zero-order valence-corrected chi connectivity index (χ0v) is 73.6. The minimum Gasteiger partial charge on any atom is -0.382 e. The number of methoxy groups -OCH3 is 3. The van der Waals surface area contributed by atoms with E-state index in [9.17, 15) is 0 Å². The number of rotatable bonds is 109. The van der Waals surface area contributed by atoms with Crippen LogP contribution in [-0.4, -0.2) is 477 Å². The van der Waals surface area contributed by atoms with Crippen molar-refractivity contribution in [3.63, 3.8) is 0 Å². The van der Waals surface area contributed by atoms with Crippen LogP contribution in [0.1, 0.15) is 22.3 Å². The molecule has 0 aliphatic carbocycles. The minimum absolute atomic E-state index is 0.376. The Kier molecular flexibility index (Phi) is 101. The van der Waals surface area contributed by atoms with E-state index in [0.717, 1.165) is 5.56 Å². The summed E-state index contributed by atoms with van der Waals surface area (Å²) in [6, 6.07) is 4.33. The summed E-state index contributed by atoms with van der Waals surface area (Å²) in [4.78, 5) is 0. The van der Waals surface area contributed by atoms with E-state index in [2.05, 4.69) is 12.1 Å². The van der Waals surface area contributed by atoms with E-state index in [-0.39, 0.29) is 0 Å². The minimum atomic E-state index is 0.376. The molecule has 0 bridgehead atoms. The monoisotopic (exact) mass is 1750 g/mol. The van der Waals surface area contributed by atoms with Gasteiger partial charge in [0.15, 0.2) is 0 Å². The van der Waals surface area contributed by atoms with Crippen molar-refractivity contribution in [2.24, 2.45) is 0 Å². The van der Waals surface area contributed by atoms with Crippen molar-refractivity contribution >= 4 is 11.6 Å². The lowest BCUT2D eigenvalue weighted by Crippen LogP contribution is -2.16. The van der Waals surface area contributed by atoms with Crippen molar-refractivity contribution in [1.29, 1.82) is 0 Å². The lowest BCUT2D eigenvalue weighted by atomic mass is 9.92. The van der Waals surface area contributed by atoms with Gasteiger partial charge in [0, 0.05) is 27.2 Å². The van der Waals surface area contributed by atoms with E-state index in [0.29, 0.717) is 481 Å². The Balaban J connectivity index is 2.25. The van der Waals surface area contributed by atoms with Crippen molar-refractivity contribution in [2.45, 2.75) is 25.1 Å². The quantitative estimate of drug-likeness (QED) is 0.0665. The Morgan fingerprint density at radius 3 is 0.353 bits per heavy atom. The molecule has 0 spiro atoms. The third-order valence-electron chi connectivity index (χ3n) is 15.6. The molecule has 0 saturated heterocycles. The van der Waals surface area contributed by atoms with Crippen molar-refractivity contribution in [3.8, 4) is 0 Å². The van der Waals surface area contributed by atoms with Gasteiger partial charge in [0.25, 0.3) is 0 Å². The third-order valence-corrected chi connectivity index (χ3v) is 15.9. The summed E-state index contributed by atoms with van der Waals surface area (Å²) < 4.78 is 200. The molecule has 119 heavy (non-hydrogen) atoms. The molecule has 0 aromatic heterocycles. The first kappa shape index (κ1) is 115. The fourth-order valence-electron chi connectivity index (χ4n) is 9.58. The molecule has 0 amide bonds. The first-order valence-electron chi connectivity index (χ1n) is 42.5. The molecular weight excluding hydrogens is 1600 g/mol. The van der Waals surface area contributed by atoms with Gasteiger partial charge in [-0.05, 0) is 41.5 Å². The molecule has 0 aliphatic rings. The fraction of sp³-hybridized carbons (Fsp3) is 0.927. The van der Waals surface area contributed by atoms with Crippen molar-refractivity contribution in [1.82, 2.24) is 0 Å². The number of alkyl halides is 1. The molecule has 0 fully saturated rings. The highest BCUT2D eigenvalue weighted by Crippen LogP contribution is 2.22. The van der Waals surface area contributed by atoms with E-state index >= 15 is 0 Å². The molecule has 0 aliphatic heterocycles. The number of halogens is 1. The number of hydrogen-bond donors (Lipinski definition) is 0. The highest BCUT2D eigenvalue weighted by Gasteiger charge is 2.13. The maximum Gasteiger partial charge on any atom is 0.0701 e. The van der Waals surface area contributed by atoms with Gasteiger partial charge in [-0.3, -0.25) is 0 Å². The normalized spacial score (nSPS) is 11.8. The highest BCUT2D eigenvalue weighted by atomic mass is 35.5. The van der Waals surface area contributed by atoms with Crippen LogP contribution in [-0.2, 0) is 196 Å². The molecule has 0 unspecified atom stereocenters. The lowest BCUT2D eigenvalue weighted by Gasteiger charge is -2.18. The van der Waals surface area contributed by atoms with Gasteiger partial charge in [0.2, 0.25) is 0 Å². The van der Waals surface area contributed by atoms with Gasteiger partial charge >= 0.3 is 0 Å². The van der Waals surface area contributed by atoms with Crippen LogP contribution in [0.15, 0.2) is 12.1 Å². The highest BCUT2D eigenvalue weighted by molar-refractivity contribution is 6.17. The molecule has 37 heteroatoms. The summed E-state index contributed by atoms with van der Waals surface area (Å²) in [7, 11) is 4.93. The second-order valence-corrected chi connectivity index (χ2v) is 25.2. The molecule has 1 aromatic carbocycles. The van der Waals surface area contributed by atoms with Crippen LogP contribution in [0.4, 0.5) is 0 Å². The summed E-state index contributed by atoms with van der Waals surface area (Å²) in [5.41, 5.74) is 4.57. The van der Waals surface area contributed by atoms with Crippen molar-refractivity contribution < 1.29 is 171 Å². The second-order valence-electron chi connectivity index (χ2n) is 25.0. The summed E-state index contributed by atoms with van der Waals surface area (Å²) >= 11 is 6.48. The summed E-state index contributed by atoms with van der Waals surface area (Å²) in [5.74, 6) is 0.376. The zero-order valence-electron chi connectivity index (χ0n) is 72.8.